The number of rotatable bonds is 5. The van der Waals surface area contributed by atoms with Crippen molar-refractivity contribution in [3.8, 4) is 0 Å². The highest BCUT2D eigenvalue weighted by Gasteiger charge is 2.28. The minimum Gasteiger partial charge on any atom is -0.309 e. The summed E-state index contributed by atoms with van der Waals surface area (Å²) < 4.78 is 24.3. The highest BCUT2D eigenvalue weighted by atomic mass is 32.2. The van der Waals surface area contributed by atoms with Crippen molar-refractivity contribution < 1.29 is 13.2 Å². The van der Waals surface area contributed by atoms with Gasteiger partial charge in [0.15, 0.2) is 9.84 Å². The van der Waals surface area contributed by atoms with Gasteiger partial charge in [-0.3, -0.25) is 4.79 Å². The van der Waals surface area contributed by atoms with E-state index in [0.29, 0.717) is 0 Å². The number of hydrogen-bond acceptors (Lipinski definition) is 3. The van der Waals surface area contributed by atoms with Gasteiger partial charge < -0.3 is 4.90 Å². The van der Waals surface area contributed by atoms with Crippen LogP contribution in [0.15, 0.2) is 30.3 Å². The summed E-state index contributed by atoms with van der Waals surface area (Å²) in [7, 11) is -3.42. The number of sulfone groups is 1. The molecular formula is C16H25NO3S. The number of carbonyl (C=O) groups is 1. The summed E-state index contributed by atoms with van der Waals surface area (Å²) in [6, 6.07) is 9.07. The lowest BCUT2D eigenvalue weighted by Crippen LogP contribution is -2.41. The zero-order valence-corrected chi connectivity index (χ0v) is 14.3. The van der Waals surface area contributed by atoms with E-state index in [1.807, 2.05) is 65.0 Å². The summed E-state index contributed by atoms with van der Waals surface area (Å²) in [6.45, 7) is 9.31. The molecule has 5 heteroatoms. The maximum atomic E-state index is 12.4. The van der Waals surface area contributed by atoms with Crippen LogP contribution >= 0.6 is 0 Å². The van der Waals surface area contributed by atoms with E-state index in [1.165, 1.54) is 0 Å². The molecule has 118 valence electrons. The molecule has 4 nitrogen and oxygen atoms in total. The SMILES string of the molecule is CC(C)N(C(=O)CS(=O)(=O)CC(C)(C)C)c1ccccc1. The van der Waals surface area contributed by atoms with Crippen LogP contribution in [-0.2, 0) is 14.6 Å². The minimum absolute atomic E-state index is 0.00641. The van der Waals surface area contributed by atoms with Gasteiger partial charge in [-0.1, -0.05) is 39.0 Å². The number of amides is 1. The zero-order valence-electron chi connectivity index (χ0n) is 13.5. The van der Waals surface area contributed by atoms with Gasteiger partial charge in [-0.15, -0.1) is 0 Å². The Bertz CT molecular complexity index is 571. The predicted octanol–water partition coefficient (Wildman–Crippen LogP) is 2.89. The third kappa shape index (κ3) is 5.87. The minimum atomic E-state index is -3.42. The van der Waals surface area contributed by atoms with Crippen molar-refractivity contribution >= 4 is 21.4 Å². The highest BCUT2D eigenvalue weighted by Crippen LogP contribution is 2.20. The van der Waals surface area contributed by atoms with Crippen molar-refractivity contribution in [2.24, 2.45) is 5.41 Å². The van der Waals surface area contributed by atoms with Crippen molar-refractivity contribution in [2.75, 3.05) is 16.4 Å². The zero-order chi connectivity index (χ0) is 16.3. The fraction of sp³-hybridized carbons (Fsp3) is 0.562. The van der Waals surface area contributed by atoms with Crippen LogP contribution in [0.25, 0.3) is 0 Å². The van der Waals surface area contributed by atoms with Gasteiger partial charge in [0, 0.05) is 11.7 Å². The first-order valence-corrected chi connectivity index (χ1v) is 8.91. The predicted molar refractivity (Wildman–Crippen MR) is 87.2 cm³/mol. The fourth-order valence-corrected chi connectivity index (χ4v) is 4.22. The molecule has 1 rings (SSSR count). The molecule has 0 saturated heterocycles. The van der Waals surface area contributed by atoms with Crippen LogP contribution in [0.1, 0.15) is 34.6 Å². The second kappa shape index (κ2) is 6.60. The van der Waals surface area contributed by atoms with Crippen LogP contribution in [0.2, 0.25) is 0 Å². The molecule has 1 aromatic carbocycles. The monoisotopic (exact) mass is 311 g/mol. The van der Waals surface area contributed by atoms with Crippen molar-refractivity contribution in [3.63, 3.8) is 0 Å². The molecule has 0 aliphatic heterocycles. The molecule has 0 N–H and O–H groups in total. The molecule has 0 aliphatic rings. The van der Waals surface area contributed by atoms with Gasteiger partial charge in [0.05, 0.1) is 5.75 Å². The summed E-state index contributed by atoms with van der Waals surface area (Å²) in [5.41, 5.74) is 0.373. The molecule has 1 amide bonds. The molecule has 0 fully saturated rings. The maximum absolute atomic E-state index is 12.4. The van der Waals surface area contributed by atoms with E-state index >= 15 is 0 Å². The van der Waals surface area contributed by atoms with Crippen LogP contribution in [0.5, 0.6) is 0 Å². The summed E-state index contributed by atoms with van der Waals surface area (Å²) in [6.07, 6.45) is 0. The lowest BCUT2D eigenvalue weighted by Gasteiger charge is -2.27. The molecular weight excluding hydrogens is 286 g/mol. The Hall–Kier alpha value is -1.36. The van der Waals surface area contributed by atoms with Crippen molar-refractivity contribution in [3.05, 3.63) is 30.3 Å². The Morgan fingerprint density at radius 1 is 1.14 bits per heavy atom. The summed E-state index contributed by atoms with van der Waals surface area (Å²) in [4.78, 5) is 14.0. The van der Waals surface area contributed by atoms with Gasteiger partial charge in [0.2, 0.25) is 5.91 Å². The average molecular weight is 311 g/mol. The van der Waals surface area contributed by atoms with Gasteiger partial charge in [0.1, 0.15) is 5.75 Å². The number of benzene rings is 1. The molecule has 0 spiro atoms. The number of anilines is 1. The van der Waals surface area contributed by atoms with Gasteiger partial charge in [-0.25, -0.2) is 8.42 Å². The molecule has 0 heterocycles. The van der Waals surface area contributed by atoms with E-state index in [1.54, 1.807) is 4.90 Å². The number of carbonyl (C=O) groups excluding carboxylic acids is 1. The molecule has 21 heavy (non-hydrogen) atoms. The van der Waals surface area contributed by atoms with E-state index in [2.05, 4.69) is 0 Å². The largest absolute Gasteiger partial charge is 0.309 e. The molecule has 0 radical (unpaired) electrons. The number of hydrogen-bond donors (Lipinski definition) is 0. The van der Waals surface area contributed by atoms with Crippen molar-refractivity contribution in [2.45, 2.75) is 40.7 Å². The molecule has 0 unspecified atom stereocenters. The molecule has 0 atom stereocenters. The van der Waals surface area contributed by atoms with Gasteiger partial charge in [-0.2, -0.15) is 0 Å². The Labute approximate surface area is 128 Å². The third-order valence-electron chi connectivity index (χ3n) is 2.82. The summed E-state index contributed by atoms with van der Waals surface area (Å²) >= 11 is 0. The van der Waals surface area contributed by atoms with Crippen LogP contribution in [0, 0.1) is 5.41 Å². The van der Waals surface area contributed by atoms with Gasteiger partial charge in [0.25, 0.3) is 0 Å². The standard InChI is InChI=1S/C16H25NO3S/c1-13(2)17(14-9-7-6-8-10-14)15(18)11-21(19,20)12-16(3,4)5/h6-10,13H,11-12H2,1-5H3. The average Bonchev–Trinajstić information content (AvgIpc) is 2.25. The van der Waals surface area contributed by atoms with E-state index < -0.39 is 15.6 Å². The van der Waals surface area contributed by atoms with Crippen molar-refractivity contribution in [1.29, 1.82) is 0 Å². The first-order chi connectivity index (χ1) is 9.52. The molecule has 1 aromatic rings. The van der Waals surface area contributed by atoms with Crippen molar-refractivity contribution in [1.82, 2.24) is 0 Å². The van der Waals surface area contributed by atoms with E-state index in [-0.39, 0.29) is 23.1 Å². The molecule has 0 bridgehead atoms. The lowest BCUT2D eigenvalue weighted by molar-refractivity contribution is -0.116. The van der Waals surface area contributed by atoms with E-state index in [0.717, 1.165) is 5.69 Å². The van der Waals surface area contributed by atoms with E-state index in [4.69, 9.17) is 0 Å². The Balaban J connectivity index is 2.94. The summed E-state index contributed by atoms with van der Waals surface area (Å²) in [5.74, 6) is -0.815. The Morgan fingerprint density at radius 3 is 2.10 bits per heavy atom. The first-order valence-electron chi connectivity index (χ1n) is 7.09. The van der Waals surface area contributed by atoms with Crippen LogP contribution in [0.3, 0.4) is 0 Å². The van der Waals surface area contributed by atoms with Crippen LogP contribution in [-0.4, -0.2) is 31.9 Å². The molecule has 0 aromatic heterocycles. The lowest BCUT2D eigenvalue weighted by atomic mass is 10.0. The second-order valence-corrected chi connectivity index (χ2v) is 8.85. The third-order valence-corrected chi connectivity index (χ3v) is 4.81. The number of nitrogens with zero attached hydrogens (tertiary/aromatic N) is 1. The number of para-hydroxylation sites is 1. The Kier molecular flexibility index (Phi) is 5.56. The topological polar surface area (TPSA) is 54.5 Å². The smallest absolute Gasteiger partial charge is 0.242 e. The normalized spacial score (nSPS) is 12.5. The molecule has 0 saturated carbocycles. The van der Waals surface area contributed by atoms with Crippen LogP contribution < -0.4 is 4.90 Å². The fourth-order valence-electron chi connectivity index (χ4n) is 2.29. The van der Waals surface area contributed by atoms with E-state index in [9.17, 15) is 13.2 Å². The van der Waals surface area contributed by atoms with Gasteiger partial charge >= 0.3 is 0 Å². The summed E-state index contributed by atoms with van der Waals surface area (Å²) in [5, 5.41) is 0. The van der Waals surface area contributed by atoms with Crippen LogP contribution in [0.4, 0.5) is 5.69 Å². The Morgan fingerprint density at radius 2 is 1.67 bits per heavy atom. The molecule has 0 aliphatic carbocycles. The quantitative estimate of drug-likeness (QED) is 0.840. The maximum Gasteiger partial charge on any atom is 0.242 e. The van der Waals surface area contributed by atoms with Gasteiger partial charge in [-0.05, 0) is 31.4 Å². The second-order valence-electron chi connectivity index (χ2n) is 6.79. The highest BCUT2D eigenvalue weighted by molar-refractivity contribution is 7.92. The first kappa shape index (κ1) is 17.7.